The van der Waals surface area contributed by atoms with Gasteiger partial charge >= 0.3 is 0 Å². The van der Waals surface area contributed by atoms with E-state index in [-0.39, 0.29) is 17.4 Å². The molecule has 0 radical (unpaired) electrons. The van der Waals surface area contributed by atoms with Crippen molar-refractivity contribution in [2.24, 2.45) is 11.3 Å². The predicted molar refractivity (Wildman–Crippen MR) is 60.4 cm³/mol. The van der Waals surface area contributed by atoms with E-state index >= 15 is 0 Å². The molecule has 1 amide bonds. The Balaban J connectivity index is 2.40. The Kier molecular flexibility index (Phi) is 3.77. The minimum atomic E-state index is -0.253. The monoisotopic (exact) mass is 213 g/mol. The molecule has 3 nitrogen and oxygen atoms in total. The lowest BCUT2D eigenvalue weighted by atomic mass is 9.81. The fraction of sp³-hybridized carbons (Fsp3) is 0.917. The Morgan fingerprint density at radius 3 is 2.40 bits per heavy atom. The summed E-state index contributed by atoms with van der Waals surface area (Å²) in [5.41, 5.74) is -0.253. The average Bonchev–Trinajstić information content (AvgIpc) is 2.14. The standard InChI is InChI=1S/C12H23NO2/c1-5-12(2,3)11(15)13(4)8-9-6-10(14)7-9/h9-10,14H,5-8H2,1-4H3. The number of carbonyl (C=O) groups is 1. The molecule has 1 aliphatic rings. The minimum absolute atomic E-state index is 0.127. The maximum absolute atomic E-state index is 12.0. The van der Waals surface area contributed by atoms with Crippen LogP contribution in [0.15, 0.2) is 0 Å². The minimum Gasteiger partial charge on any atom is -0.393 e. The van der Waals surface area contributed by atoms with Gasteiger partial charge in [0.25, 0.3) is 0 Å². The molecule has 15 heavy (non-hydrogen) atoms. The third-order valence-corrected chi connectivity index (χ3v) is 3.55. The van der Waals surface area contributed by atoms with Gasteiger partial charge in [0.2, 0.25) is 5.91 Å². The molecule has 0 saturated heterocycles. The fourth-order valence-electron chi connectivity index (χ4n) is 1.99. The number of amides is 1. The van der Waals surface area contributed by atoms with Gasteiger partial charge < -0.3 is 10.0 Å². The van der Waals surface area contributed by atoms with E-state index in [1.165, 1.54) is 0 Å². The number of aliphatic hydroxyl groups excluding tert-OH is 1. The van der Waals surface area contributed by atoms with Crippen molar-refractivity contribution < 1.29 is 9.90 Å². The maximum Gasteiger partial charge on any atom is 0.227 e. The quantitative estimate of drug-likeness (QED) is 0.771. The molecule has 0 atom stereocenters. The Morgan fingerprint density at radius 1 is 1.47 bits per heavy atom. The Bertz CT molecular complexity index is 232. The SMILES string of the molecule is CCC(C)(C)C(=O)N(C)CC1CC(O)C1. The molecule has 0 heterocycles. The van der Waals surface area contributed by atoms with E-state index in [2.05, 4.69) is 0 Å². The summed E-state index contributed by atoms with van der Waals surface area (Å²) in [6, 6.07) is 0. The van der Waals surface area contributed by atoms with Gasteiger partial charge in [-0.2, -0.15) is 0 Å². The van der Waals surface area contributed by atoms with Crippen LogP contribution in [0, 0.1) is 11.3 Å². The van der Waals surface area contributed by atoms with E-state index in [1.807, 2.05) is 32.7 Å². The Hall–Kier alpha value is -0.570. The van der Waals surface area contributed by atoms with E-state index in [0.717, 1.165) is 25.8 Å². The van der Waals surface area contributed by atoms with E-state index in [4.69, 9.17) is 0 Å². The van der Waals surface area contributed by atoms with Crippen LogP contribution >= 0.6 is 0 Å². The zero-order chi connectivity index (χ0) is 11.6. The number of aliphatic hydroxyl groups is 1. The van der Waals surface area contributed by atoms with Crippen LogP contribution in [0.5, 0.6) is 0 Å². The summed E-state index contributed by atoms with van der Waals surface area (Å²) in [7, 11) is 1.87. The van der Waals surface area contributed by atoms with Crippen molar-refractivity contribution in [2.45, 2.75) is 46.1 Å². The first-order valence-electron chi connectivity index (χ1n) is 5.80. The molecule has 1 fully saturated rings. The zero-order valence-electron chi connectivity index (χ0n) is 10.3. The van der Waals surface area contributed by atoms with Gasteiger partial charge in [-0.05, 0) is 25.2 Å². The lowest BCUT2D eigenvalue weighted by molar-refractivity contribution is -0.140. The first kappa shape index (κ1) is 12.5. The Morgan fingerprint density at radius 2 is 2.00 bits per heavy atom. The number of nitrogens with zero attached hydrogens (tertiary/aromatic N) is 1. The highest BCUT2D eigenvalue weighted by molar-refractivity contribution is 5.81. The molecule has 1 saturated carbocycles. The molecule has 1 aliphatic carbocycles. The van der Waals surface area contributed by atoms with Gasteiger partial charge in [0.05, 0.1) is 6.10 Å². The zero-order valence-corrected chi connectivity index (χ0v) is 10.3. The van der Waals surface area contributed by atoms with Crippen LogP contribution in [0.4, 0.5) is 0 Å². The molecule has 88 valence electrons. The first-order valence-corrected chi connectivity index (χ1v) is 5.80. The van der Waals surface area contributed by atoms with E-state index in [9.17, 15) is 9.90 Å². The largest absolute Gasteiger partial charge is 0.393 e. The number of hydrogen-bond acceptors (Lipinski definition) is 2. The summed E-state index contributed by atoms with van der Waals surface area (Å²) >= 11 is 0. The van der Waals surface area contributed by atoms with E-state index in [1.54, 1.807) is 0 Å². The van der Waals surface area contributed by atoms with Crippen molar-refractivity contribution in [1.29, 1.82) is 0 Å². The van der Waals surface area contributed by atoms with Crippen molar-refractivity contribution in [3.63, 3.8) is 0 Å². The van der Waals surface area contributed by atoms with Crippen molar-refractivity contribution in [2.75, 3.05) is 13.6 Å². The Labute approximate surface area is 92.5 Å². The predicted octanol–water partition coefficient (Wildman–Crippen LogP) is 1.65. The molecular weight excluding hydrogens is 190 g/mol. The molecule has 0 spiro atoms. The highest BCUT2D eigenvalue weighted by Gasteiger charge is 2.33. The normalized spacial score (nSPS) is 25.9. The van der Waals surface area contributed by atoms with Gasteiger partial charge in [-0.1, -0.05) is 20.8 Å². The van der Waals surface area contributed by atoms with Crippen LogP contribution in [0.2, 0.25) is 0 Å². The molecule has 0 bridgehead atoms. The van der Waals surface area contributed by atoms with Gasteiger partial charge in [0.15, 0.2) is 0 Å². The smallest absolute Gasteiger partial charge is 0.227 e. The summed E-state index contributed by atoms with van der Waals surface area (Å²) in [5, 5.41) is 9.17. The van der Waals surface area contributed by atoms with Gasteiger partial charge in [0, 0.05) is 19.0 Å². The molecule has 0 aromatic rings. The third-order valence-electron chi connectivity index (χ3n) is 3.55. The van der Waals surface area contributed by atoms with Crippen LogP contribution in [0.3, 0.4) is 0 Å². The second kappa shape index (κ2) is 4.52. The van der Waals surface area contributed by atoms with Crippen LogP contribution in [-0.4, -0.2) is 35.6 Å². The second-order valence-corrected chi connectivity index (χ2v) is 5.41. The highest BCUT2D eigenvalue weighted by Crippen LogP contribution is 2.29. The summed E-state index contributed by atoms with van der Waals surface area (Å²) in [5.74, 6) is 0.716. The van der Waals surface area contributed by atoms with Crippen molar-refractivity contribution in [1.82, 2.24) is 4.90 Å². The summed E-state index contributed by atoms with van der Waals surface area (Å²) in [6.07, 6.45) is 2.44. The van der Waals surface area contributed by atoms with Gasteiger partial charge in [-0.3, -0.25) is 4.79 Å². The lowest BCUT2D eigenvalue weighted by Crippen LogP contribution is -2.44. The molecule has 0 aromatic heterocycles. The lowest BCUT2D eigenvalue weighted by Gasteiger charge is -2.36. The molecule has 3 heteroatoms. The number of hydrogen-bond donors (Lipinski definition) is 1. The maximum atomic E-state index is 12.0. The molecule has 0 aromatic carbocycles. The van der Waals surface area contributed by atoms with E-state index < -0.39 is 0 Å². The average molecular weight is 213 g/mol. The second-order valence-electron chi connectivity index (χ2n) is 5.41. The summed E-state index contributed by atoms with van der Waals surface area (Å²) in [6.45, 7) is 6.81. The van der Waals surface area contributed by atoms with Gasteiger partial charge in [-0.25, -0.2) is 0 Å². The fourth-order valence-corrected chi connectivity index (χ4v) is 1.99. The molecule has 0 unspecified atom stereocenters. The molecule has 1 N–H and O–H groups in total. The molecular formula is C12H23NO2. The van der Waals surface area contributed by atoms with Crippen LogP contribution < -0.4 is 0 Å². The number of carbonyl (C=O) groups excluding carboxylic acids is 1. The summed E-state index contributed by atoms with van der Waals surface area (Å²) < 4.78 is 0. The van der Waals surface area contributed by atoms with Crippen molar-refractivity contribution in [3.05, 3.63) is 0 Å². The highest BCUT2D eigenvalue weighted by atomic mass is 16.3. The van der Waals surface area contributed by atoms with E-state index in [0.29, 0.717) is 5.92 Å². The summed E-state index contributed by atoms with van der Waals surface area (Å²) in [4.78, 5) is 13.8. The number of rotatable bonds is 4. The van der Waals surface area contributed by atoms with Crippen LogP contribution in [0.25, 0.3) is 0 Å². The van der Waals surface area contributed by atoms with Crippen LogP contribution in [0.1, 0.15) is 40.0 Å². The van der Waals surface area contributed by atoms with Gasteiger partial charge in [-0.15, -0.1) is 0 Å². The van der Waals surface area contributed by atoms with Crippen LogP contribution in [-0.2, 0) is 4.79 Å². The van der Waals surface area contributed by atoms with Crippen molar-refractivity contribution in [3.8, 4) is 0 Å². The van der Waals surface area contributed by atoms with Crippen molar-refractivity contribution >= 4 is 5.91 Å². The third kappa shape index (κ3) is 2.94. The van der Waals surface area contributed by atoms with Gasteiger partial charge in [0.1, 0.15) is 0 Å². The molecule has 0 aliphatic heterocycles. The first-order chi connectivity index (χ1) is 6.86. The topological polar surface area (TPSA) is 40.5 Å². The molecule has 1 rings (SSSR count).